The average Bonchev–Trinajstić information content (AvgIpc) is 2.73. The van der Waals surface area contributed by atoms with E-state index < -0.39 is 0 Å². The molecule has 4 rings (SSSR count). The smallest absolute Gasteiger partial charge is 0.261 e. The fourth-order valence-corrected chi connectivity index (χ4v) is 3.89. The quantitative estimate of drug-likeness (QED) is 0.312. The number of fused-ring (bicyclic) bond motifs is 2. The molecule has 1 heterocycles. The van der Waals surface area contributed by atoms with E-state index in [2.05, 4.69) is 10.3 Å². The maximum atomic E-state index is 13.6. The molecule has 29 heavy (non-hydrogen) atoms. The molecule has 1 aromatic heterocycles. The standard InChI is InChI=1S/C22H18FN3O2S/c1-26-21(28)17-10-14-6-2-3-7-15(14)11-19(17)25-22(26)29-13-20(27)24-12-16-8-4-5-9-18(16)23/h2-11H,12-13H2,1H3,(H,24,27). The molecule has 5 nitrogen and oxygen atoms in total. The lowest BCUT2D eigenvalue weighted by Crippen LogP contribution is -2.26. The van der Waals surface area contributed by atoms with Crippen LogP contribution in [0.15, 0.2) is 70.6 Å². The van der Waals surface area contributed by atoms with E-state index in [9.17, 15) is 14.0 Å². The summed E-state index contributed by atoms with van der Waals surface area (Å²) in [6.07, 6.45) is 0. The van der Waals surface area contributed by atoms with Gasteiger partial charge in [-0.25, -0.2) is 9.37 Å². The van der Waals surface area contributed by atoms with Crippen molar-refractivity contribution in [1.82, 2.24) is 14.9 Å². The van der Waals surface area contributed by atoms with Gasteiger partial charge in [-0.1, -0.05) is 54.2 Å². The van der Waals surface area contributed by atoms with Gasteiger partial charge in [0, 0.05) is 19.2 Å². The van der Waals surface area contributed by atoms with Crippen molar-refractivity contribution < 1.29 is 9.18 Å². The van der Waals surface area contributed by atoms with E-state index in [0.29, 0.717) is 21.6 Å². The van der Waals surface area contributed by atoms with E-state index in [4.69, 9.17) is 0 Å². The zero-order chi connectivity index (χ0) is 20.4. The maximum Gasteiger partial charge on any atom is 0.261 e. The molecule has 0 atom stereocenters. The number of hydrogen-bond donors (Lipinski definition) is 1. The van der Waals surface area contributed by atoms with Gasteiger partial charge in [0.25, 0.3) is 5.56 Å². The van der Waals surface area contributed by atoms with Gasteiger partial charge in [0.1, 0.15) is 5.82 Å². The Morgan fingerprint density at radius 2 is 1.79 bits per heavy atom. The summed E-state index contributed by atoms with van der Waals surface area (Å²) in [4.78, 5) is 29.5. The highest BCUT2D eigenvalue weighted by molar-refractivity contribution is 7.99. The van der Waals surface area contributed by atoms with Crippen LogP contribution in [0.25, 0.3) is 21.7 Å². The molecular weight excluding hydrogens is 389 g/mol. The monoisotopic (exact) mass is 407 g/mol. The molecule has 0 unspecified atom stereocenters. The van der Waals surface area contributed by atoms with Gasteiger partial charge >= 0.3 is 0 Å². The Labute approximate surface area is 170 Å². The highest BCUT2D eigenvalue weighted by Gasteiger charge is 2.12. The minimum absolute atomic E-state index is 0.0772. The summed E-state index contributed by atoms with van der Waals surface area (Å²) in [5, 5.41) is 5.67. The van der Waals surface area contributed by atoms with Crippen molar-refractivity contribution in [3.05, 3.63) is 82.4 Å². The summed E-state index contributed by atoms with van der Waals surface area (Å²) >= 11 is 1.17. The summed E-state index contributed by atoms with van der Waals surface area (Å²) in [7, 11) is 1.64. The van der Waals surface area contributed by atoms with Crippen LogP contribution < -0.4 is 10.9 Å². The minimum Gasteiger partial charge on any atom is -0.351 e. The third kappa shape index (κ3) is 4.00. The second-order valence-electron chi connectivity index (χ2n) is 6.63. The number of nitrogens with zero attached hydrogens (tertiary/aromatic N) is 2. The predicted molar refractivity (Wildman–Crippen MR) is 113 cm³/mol. The molecule has 4 aromatic rings. The first-order chi connectivity index (χ1) is 14.0. The molecule has 0 spiro atoms. The summed E-state index contributed by atoms with van der Waals surface area (Å²) in [6.45, 7) is 0.113. The molecule has 0 bridgehead atoms. The number of nitrogens with one attached hydrogen (secondary N) is 1. The molecule has 3 aromatic carbocycles. The van der Waals surface area contributed by atoms with Crippen molar-refractivity contribution >= 4 is 39.3 Å². The molecule has 0 saturated carbocycles. The lowest BCUT2D eigenvalue weighted by Gasteiger charge is -2.10. The third-order valence-electron chi connectivity index (χ3n) is 4.67. The molecule has 0 aliphatic heterocycles. The Hall–Kier alpha value is -3.19. The van der Waals surface area contributed by atoms with Crippen LogP contribution in [0.3, 0.4) is 0 Å². The molecule has 1 N–H and O–H groups in total. The van der Waals surface area contributed by atoms with Crippen LogP contribution in [0.2, 0.25) is 0 Å². The number of halogens is 1. The summed E-state index contributed by atoms with van der Waals surface area (Å²) in [5.74, 6) is -0.536. The van der Waals surface area contributed by atoms with Gasteiger partial charge in [0.2, 0.25) is 5.91 Å². The van der Waals surface area contributed by atoms with E-state index in [1.807, 2.05) is 36.4 Å². The second kappa shape index (κ2) is 8.05. The van der Waals surface area contributed by atoms with Crippen LogP contribution in [0.5, 0.6) is 0 Å². The minimum atomic E-state index is -0.355. The maximum absolute atomic E-state index is 13.6. The topological polar surface area (TPSA) is 64.0 Å². The first-order valence-corrected chi connectivity index (χ1v) is 10.0. The molecule has 0 aliphatic carbocycles. The van der Waals surface area contributed by atoms with E-state index in [-0.39, 0.29) is 29.6 Å². The highest BCUT2D eigenvalue weighted by atomic mass is 32.2. The van der Waals surface area contributed by atoms with Gasteiger partial charge in [-0.15, -0.1) is 0 Å². The molecule has 0 radical (unpaired) electrons. The van der Waals surface area contributed by atoms with Crippen LogP contribution >= 0.6 is 11.8 Å². The summed E-state index contributed by atoms with van der Waals surface area (Å²) < 4.78 is 15.1. The van der Waals surface area contributed by atoms with Crippen molar-refractivity contribution in [2.75, 3.05) is 5.75 Å². The SMILES string of the molecule is Cn1c(SCC(=O)NCc2ccccc2F)nc2cc3ccccc3cc2c1=O. The first-order valence-electron chi connectivity index (χ1n) is 9.05. The average molecular weight is 407 g/mol. The molecule has 146 valence electrons. The fraction of sp³-hybridized carbons (Fsp3) is 0.136. The number of thioether (sulfide) groups is 1. The Morgan fingerprint density at radius 1 is 1.10 bits per heavy atom. The second-order valence-corrected chi connectivity index (χ2v) is 7.57. The van der Waals surface area contributed by atoms with Crippen LogP contribution in [-0.2, 0) is 18.4 Å². The van der Waals surface area contributed by atoms with Crippen LogP contribution in [0.1, 0.15) is 5.56 Å². The Balaban J connectivity index is 1.52. The lowest BCUT2D eigenvalue weighted by molar-refractivity contribution is -0.118. The van der Waals surface area contributed by atoms with Gasteiger partial charge in [-0.2, -0.15) is 0 Å². The van der Waals surface area contributed by atoms with E-state index in [1.165, 1.54) is 22.4 Å². The summed E-state index contributed by atoms with van der Waals surface area (Å²) in [5.41, 5.74) is 0.866. The number of carbonyl (C=O) groups excluding carboxylic acids is 1. The predicted octanol–water partition coefficient (Wildman–Crippen LogP) is 3.63. The van der Waals surface area contributed by atoms with Crippen molar-refractivity contribution in [1.29, 1.82) is 0 Å². The van der Waals surface area contributed by atoms with E-state index >= 15 is 0 Å². The molecule has 7 heteroatoms. The number of benzene rings is 3. The van der Waals surface area contributed by atoms with Crippen LogP contribution in [0.4, 0.5) is 4.39 Å². The van der Waals surface area contributed by atoms with Gasteiger partial charge in [0.15, 0.2) is 5.16 Å². The van der Waals surface area contributed by atoms with Gasteiger partial charge in [0.05, 0.1) is 16.7 Å². The highest BCUT2D eigenvalue weighted by Crippen LogP contribution is 2.22. The van der Waals surface area contributed by atoms with Gasteiger partial charge in [-0.05, 0) is 29.0 Å². The number of aromatic nitrogens is 2. The fourth-order valence-electron chi connectivity index (χ4n) is 3.08. The van der Waals surface area contributed by atoms with Crippen molar-refractivity contribution in [2.24, 2.45) is 7.05 Å². The van der Waals surface area contributed by atoms with Gasteiger partial charge in [-0.3, -0.25) is 14.2 Å². The number of carbonyl (C=O) groups is 1. The van der Waals surface area contributed by atoms with Gasteiger partial charge < -0.3 is 5.32 Å². The number of rotatable bonds is 5. The Morgan fingerprint density at radius 3 is 2.55 bits per heavy atom. The van der Waals surface area contributed by atoms with Crippen molar-refractivity contribution in [3.63, 3.8) is 0 Å². The molecule has 0 fully saturated rings. The summed E-state index contributed by atoms with van der Waals surface area (Å²) in [6, 6.07) is 17.8. The van der Waals surface area contributed by atoms with Crippen molar-refractivity contribution in [2.45, 2.75) is 11.7 Å². The zero-order valence-electron chi connectivity index (χ0n) is 15.7. The normalized spacial score (nSPS) is 11.1. The number of amides is 1. The van der Waals surface area contributed by atoms with E-state index in [1.54, 1.807) is 25.2 Å². The van der Waals surface area contributed by atoms with Crippen LogP contribution in [-0.4, -0.2) is 21.2 Å². The lowest BCUT2D eigenvalue weighted by atomic mass is 10.1. The van der Waals surface area contributed by atoms with Crippen molar-refractivity contribution in [3.8, 4) is 0 Å². The van der Waals surface area contributed by atoms with Crippen LogP contribution in [0, 0.1) is 5.82 Å². The molecular formula is C22H18FN3O2S. The Kier molecular flexibility index (Phi) is 5.31. The molecule has 1 amide bonds. The largest absolute Gasteiger partial charge is 0.351 e. The first kappa shape index (κ1) is 19.1. The molecule has 0 saturated heterocycles. The third-order valence-corrected chi connectivity index (χ3v) is 5.70. The number of hydrogen-bond acceptors (Lipinski definition) is 4. The molecule has 0 aliphatic rings. The Bertz CT molecular complexity index is 1290. The zero-order valence-corrected chi connectivity index (χ0v) is 16.5. The van der Waals surface area contributed by atoms with E-state index in [0.717, 1.165) is 10.8 Å².